The molecule has 0 bridgehead atoms. The van der Waals surface area contributed by atoms with Gasteiger partial charge in [-0.15, -0.1) is 0 Å². The molecule has 6 nitrogen and oxygen atoms in total. The largest absolute Gasteiger partial charge is 0.454 e. The van der Waals surface area contributed by atoms with Gasteiger partial charge in [0.1, 0.15) is 6.04 Å². The van der Waals surface area contributed by atoms with Crippen LogP contribution in [-0.2, 0) is 14.3 Å². The number of carbonyl (C=O) groups excluding carboxylic acids is 3. The standard InChI is InChI=1S/C22H32N2O4/c1-14(2)20(24-21(26)17-10-6-5-7-11-17)22(27)28-13-19(25)23-18-12-8-9-15(3)16(18)4/h5-7,10-11,14-16,18,20H,8-9,12-13H2,1-4H3,(H,23,25)(H,24,26). The zero-order valence-corrected chi connectivity index (χ0v) is 17.2. The molecule has 1 fully saturated rings. The number of hydrogen-bond donors (Lipinski definition) is 2. The van der Waals surface area contributed by atoms with Crippen LogP contribution in [-0.4, -0.2) is 36.5 Å². The lowest BCUT2D eigenvalue weighted by molar-refractivity contribution is -0.151. The molecule has 0 saturated heterocycles. The highest BCUT2D eigenvalue weighted by Gasteiger charge is 2.30. The third-order valence-electron chi connectivity index (χ3n) is 5.64. The molecule has 0 radical (unpaired) electrons. The number of esters is 1. The first kappa shape index (κ1) is 21.9. The molecule has 1 aromatic carbocycles. The number of benzene rings is 1. The van der Waals surface area contributed by atoms with Crippen molar-refractivity contribution < 1.29 is 19.1 Å². The number of hydrogen-bond acceptors (Lipinski definition) is 4. The second kappa shape index (κ2) is 10.2. The van der Waals surface area contributed by atoms with E-state index < -0.39 is 12.0 Å². The normalized spacial score (nSPS) is 23.0. The first-order chi connectivity index (χ1) is 13.3. The van der Waals surface area contributed by atoms with Crippen LogP contribution in [0.5, 0.6) is 0 Å². The van der Waals surface area contributed by atoms with E-state index >= 15 is 0 Å². The summed E-state index contributed by atoms with van der Waals surface area (Å²) in [6.07, 6.45) is 3.23. The smallest absolute Gasteiger partial charge is 0.329 e. The van der Waals surface area contributed by atoms with E-state index in [1.165, 1.54) is 6.42 Å². The zero-order valence-electron chi connectivity index (χ0n) is 17.2. The molecule has 28 heavy (non-hydrogen) atoms. The van der Waals surface area contributed by atoms with Gasteiger partial charge in [-0.1, -0.05) is 58.7 Å². The van der Waals surface area contributed by atoms with Crippen LogP contribution in [0.25, 0.3) is 0 Å². The van der Waals surface area contributed by atoms with Crippen molar-refractivity contribution in [3.63, 3.8) is 0 Å². The third-order valence-corrected chi connectivity index (χ3v) is 5.64. The topological polar surface area (TPSA) is 84.5 Å². The van der Waals surface area contributed by atoms with Crippen LogP contribution < -0.4 is 10.6 Å². The fourth-order valence-electron chi connectivity index (χ4n) is 3.57. The highest BCUT2D eigenvalue weighted by molar-refractivity contribution is 5.97. The van der Waals surface area contributed by atoms with Crippen molar-refractivity contribution >= 4 is 17.8 Å². The fraction of sp³-hybridized carbons (Fsp3) is 0.591. The van der Waals surface area contributed by atoms with Gasteiger partial charge in [0.25, 0.3) is 11.8 Å². The highest BCUT2D eigenvalue weighted by atomic mass is 16.5. The van der Waals surface area contributed by atoms with Gasteiger partial charge in [0.05, 0.1) is 0 Å². The van der Waals surface area contributed by atoms with Crippen molar-refractivity contribution in [1.82, 2.24) is 10.6 Å². The fourth-order valence-corrected chi connectivity index (χ4v) is 3.57. The summed E-state index contributed by atoms with van der Waals surface area (Å²) in [7, 11) is 0. The SMILES string of the molecule is CC(C)C(NC(=O)c1ccccc1)C(=O)OCC(=O)NC1CCCC(C)C1C. The Kier molecular flexibility index (Phi) is 8.03. The summed E-state index contributed by atoms with van der Waals surface area (Å²) in [5.41, 5.74) is 0.471. The monoisotopic (exact) mass is 388 g/mol. The molecule has 0 aliphatic heterocycles. The average molecular weight is 389 g/mol. The molecule has 1 aromatic rings. The van der Waals surface area contributed by atoms with E-state index in [4.69, 9.17) is 4.74 Å². The number of carbonyl (C=O) groups is 3. The predicted octanol–water partition coefficient (Wildman–Crippen LogP) is 2.93. The van der Waals surface area contributed by atoms with Crippen LogP contribution in [0.2, 0.25) is 0 Å². The molecule has 0 heterocycles. The van der Waals surface area contributed by atoms with Crippen molar-refractivity contribution in [1.29, 1.82) is 0 Å². The summed E-state index contributed by atoms with van der Waals surface area (Å²) in [4.78, 5) is 37.0. The summed E-state index contributed by atoms with van der Waals surface area (Å²) in [6.45, 7) is 7.66. The second-order valence-corrected chi connectivity index (χ2v) is 8.11. The predicted molar refractivity (Wildman–Crippen MR) is 108 cm³/mol. The van der Waals surface area contributed by atoms with Gasteiger partial charge in [-0.25, -0.2) is 4.79 Å². The highest BCUT2D eigenvalue weighted by Crippen LogP contribution is 2.29. The third kappa shape index (κ3) is 6.08. The summed E-state index contributed by atoms with van der Waals surface area (Å²) >= 11 is 0. The Morgan fingerprint density at radius 1 is 1.11 bits per heavy atom. The lowest BCUT2D eigenvalue weighted by Gasteiger charge is -2.34. The average Bonchev–Trinajstić information content (AvgIpc) is 2.68. The van der Waals surface area contributed by atoms with E-state index in [9.17, 15) is 14.4 Å². The molecule has 1 aliphatic rings. The summed E-state index contributed by atoms with van der Waals surface area (Å²) in [6, 6.07) is 8.00. The van der Waals surface area contributed by atoms with Crippen LogP contribution in [0.1, 0.15) is 57.3 Å². The van der Waals surface area contributed by atoms with Crippen LogP contribution in [0.3, 0.4) is 0 Å². The van der Waals surface area contributed by atoms with Gasteiger partial charge in [-0.2, -0.15) is 0 Å². The maximum atomic E-state index is 12.4. The van der Waals surface area contributed by atoms with Crippen LogP contribution in [0.4, 0.5) is 0 Å². The molecular formula is C22H32N2O4. The maximum Gasteiger partial charge on any atom is 0.329 e. The Hall–Kier alpha value is -2.37. The zero-order chi connectivity index (χ0) is 20.7. The molecule has 0 spiro atoms. The number of rotatable bonds is 7. The lowest BCUT2D eigenvalue weighted by atomic mass is 9.78. The molecule has 154 valence electrons. The molecule has 2 rings (SSSR count). The molecule has 6 heteroatoms. The van der Waals surface area contributed by atoms with Crippen LogP contribution in [0.15, 0.2) is 30.3 Å². The van der Waals surface area contributed by atoms with E-state index in [2.05, 4.69) is 24.5 Å². The minimum atomic E-state index is -0.811. The number of amides is 2. The maximum absolute atomic E-state index is 12.4. The second-order valence-electron chi connectivity index (χ2n) is 8.11. The molecule has 4 unspecified atom stereocenters. The van der Waals surface area contributed by atoms with Gasteiger partial charge in [0.15, 0.2) is 6.61 Å². The Balaban J connectivity index is 1.86. The van der Waals surface area contributed by atoms with Gasteiger partial charge < -0.3 is 15.4 Å². The van der Waals surface area contributed by atoms with Crippen molar-refractivity contribution in [2.75, 3.05) is 6.61 Å². The minimum absolute atomic E-state index is 0.119. The van der Waals surface area contributed by atoms with E-state index in [-0.39, 0.29) is 30.4 Å². The van der Waals surface area contributed by atoms with Crippen LogP contribution in [0, 0.1) is 17.8 Å². The Labute approximate surface area is 167 Å². The van der Waals surface area contributed by atoms with Gasteiger partial charge >= 0.3 is 5.97 Å². The minimum Gasteiger partial charge on any atom is -0.454 e. The van der Waals surface area contributed by atoms with Crippen molar-refractivity contribution in [2.24, 2.45) is 17.8 Å². The van der Waals surface area contributed by atoms with E-state index in [1.54, 1.807) is 24.3 Å². The van der Waals surface area contributed by atoms with Crippen molar-refractivity contribution in [3.05, 3.63) is 35.9 Å². The summed E-state index contributed by atoms with van der Waals surface area (Å²) < 4.78 is 5.20. The van der Waals surface area contributed by atoms with Crippen LogP contribution >= 0.6 is 0 Å². The van der Waals surface area contributed by atoms with Gasteiger partial charge in [0.2, 0.25) is 0 Å². The first-order valence-corrected chi connectivity index (χ1v) is 10.1. The summed E-state index contributed by atoms with van der Waals surface area (Å²) in [5.74, 6) is -0.425. The van der Waals surface area contributed by atoms with E-state index in [1.807, 2.05) is 19.9 Å². The molecule has 4 atom stereocenters. The van der Waals surface area contributed by atoms with Crippen molar-refractivity contribution in [3.8, 4) is 0 Å². The van der Waals surface area contributed by atoms with Gasteiger partial charge in [-0.05, 0) is 36.3 Å². The molecular weight excluding hydrogens is 356 g/mol. The van der Waals surface area contributed by atoms with E-state index in [0.29, 0.717) is 17.4 Å². The molecule has 1 saturated carbocycles. The lowest BCUT2D eigenvalue weighted by Crippen LogP contribution is -2.48. The Bertz CT molecular complexity index is 674. The van der Waals surface area contributed by atoms with Gasteiger partial charge in [0, 0.05) is 11.6 Å². The molecule has 0 aromatic heterocycles. The Morgan fingerprint density at radius 2 is 1.79 bits per heavy atom. The van der Waals surface area contributed by atoms with Crippen molar-refractivity contribution in [2.45, 2.75) is 59.0 Å². The number of ether oxygens (including phenoxy) is 1. The van der Waals surface area contributed by atoms with E-state index in [0.717, 1.165) is 12.8 Å². The number of nitrogens with one attached hydrogen (secondary N) is 2. The molecule has 1 aliphatic carbocycles. The first-order valence-electron chi connectivity index (χ1n) is 10.1. The molecule has 2 N–H and O–H groups in total. The summed E-state index contributed by atoms with van der Waals surface area (Å²) in [5, 5.41) is 5.69. The quantitative estimate of drug-likeness (QED) is 0.704. The Morgan fingerprint density at radius 3 is 2.43 bits per heavy atom. The van der Waals surface area contributed by atoms with Gasteiger partial charge in [-0.3, -0.25) is 9.59 Å². The molecule has 2 amide bonds.